The first-order valence-electron chi connectivity index (χ1n) is 6.13. The number of carbonyl (C=O) groups excluding carboxylic acids is 1. The number of ketones is 1. The number of rotatable bonds is 0. The maximum atomic E-state index is 12.5. The van der Waals surface area contributed by atoms with Crippen LogP contribution < -0.4 is 0 Å². The molecule has 1 nitrogen and oxygen atoms in total. The van der Waals surface area contributed by atoms with Crippen molar-refractivity contribution in [2.45, 2.75) is 0 Å². The molecule has 90 valence electrons. The van der Waals surface area contributed by atoms with Gasteiger partial charge in [0.25, 0.3) is 0 Å². The Morgan fingerprint density at radius 2 is 1.37 bits per heavy atom. The predicted molar refractivity (Wildman–Crippen MR) is 80.5 cm³/mol. The average Bonchev–Trinajstić information content (AvgIpc) is 2.73. The maximum Gasteiger partial charge on any atom is 0.194 e. The molecule has 0 unspecified atom stereocenters. The highest BCUT2D eigenvalue weighted by Crippen LogP contribution is 2.43. The van der Waals surface area contributed by atoms with Crippen LogP contribution in [0.5, 0.6) is 0 Å². The lowest BCUT2D eigenvalue weighted by atomic mass is 9.98. The molecule has 0 spiro atoms. The van der Waals surface area contributed by atoms with E-state index in [1.807, 2.05) is 42.5 Å². The van der Waals surface area contributed by atoms with Gasteiger partial charge in [-0.25, -0.2) is 0 Å². The lowest BCUT2D eigenvalue weighted by Crippen LogP contribution is -1.94. The van der Waals surface area contributed by atoms with Crippen LogP contribution in [0.15, 0.2) is 59.1 Å². The van der Waals surface area contributed by atoms with E-state index in [-0.39, 0.29) is 5.78 Å². The molecular weight excluding hydrogens is 300 g/mol. The van der Waals surface area contributed by atoms with Crippen molar-refractivity contribution in [2.24, 2.45) is 0 Å². The molecule has 4 rings (SSSR count). The largest absolute Gasteiger partial charge is 0.289 e. The van der Waals surface area contributed by atoms with Crippen molar-refractivity contribution < 1.29 is 4.79 Å². The first kappa shape index (κ1) is 10.9. The summed E-state index contributed by atoms with van der Waals surface area (Å²) in [5.41, 5.74) is 3.72. The van der Waals surface area contributed by atoms with Gasteiger partial charge in [-0.15, -0.1) is 0 Å². The Labute approximate surface area is 119 Å². The van der Waals surface area contributed by atoms with Crippen molar-refractivity contribution in [3.8, 4) is 11.1 Å². The van der Waals surface area contributed by atoms with Gasteiger partial charge in [-0.1, -0.05) is 64.5 Å². The molecule has 1 aliphatic carbocycles. The number of halogens is 1. The summed E-state index contributed by atoms with van der Waals surface area (Å²) in [6, 6.07) is 18.0. The second kappa shape index (κ2) is 3.78. The van der Waals surface area contributed by atoms with Crippen LogP contribution in [0.2, 0.25) is 0 Å². The molecule has 0 heterocycles. The molecule has 0 radical (unpaired) electrons. The van der Waals surface area contributed by atoms with E-state index in [1.165, 1.54) is 0 Å². The fraction of sp³-hybridized carbons (Fsp3) is 0. The Kier molecular flexibility index (Phi) is 2.18. The minimum Gasteiger partial charge on any atom is -0.289 e. The Balaban J connectivity index is 2.24. The van der Waals surface area contributed by atoms with Gasteiger partial charge in [-0.3, -0.25) is 4.79 Å². The summed E-state index contributed by atoms with van der Waals surface area (Å²) in [4.78, 5) is 12.5. The zero-order chi connectivity index (χ0) is 13.0. The Morgan fingerprint density at radius 1 is 0.737 bits per heavy atom. The molecule has 0 fully saturated rings. The second-order valence-corrected chi connectivity index (χ2v) is 5.56. The fourth-order valence-electron chi connectivity index (χ4n) is 2.84. The van der Waals surface area contributed by atoms with E-state index in [0.717, 1.165) is 37.5 Å². The summed E-state index contributed by atoms with van der Waals surface area (Å²) < 4.78 is 0.975. The van der Waals surface area contributed by atoms with Crippen LogP contribution in [0.25, 0.3) is 21.9 Å². The minimum atomic E-state index is 0.122. The SMILES string of the molecule is O=C1c2ccccc2-c2c1cc(Br)c1ccccc21. The lowest BCUT2D eigenvalue weighted by Gasteiger charge is -2.07. The minimum absolute atomic E-state index is 0.122. The maximum absolute atomic E-state index is 12.5. The van der Waals surface area contributed by atoms with Crippen molar-refractivity contribution in [2.75, 3.05) is 0 Å². The molecule has 0 N–H and O–H groups in total. The van der Waals surface area contributed by atoms with Crippen LogP contribution >= 0.6 is 15.9 Å². The molecule has 2 heteroatoms. The van der Waals surface area contributed by atoms with Crippen molar-refractivity contribution in [1.29, 1.82) is 0 Å². The summed E-state index contributed by atoms with van der Waals surface area (Å²) in [5, 5.41) is 2.27. The van der Waals surface area contributed by atoms with Crippen molar-refractivity contribution in [1.82, 2.24) is 0 Å². The highest BCUT2D eigenvalue weighted by atomic mass is 79.9. The van der Waals surface area contributed by atoms with Gasteiger partial charge in [0, 0.05) is 21.2 Å². The van der Waals surface area contributed by atoms with E-state index < -0.39 is 0 Å². The van der Waals surface area contributed by atoms with Crippen LogP contribution in [0.3, 0.4) is 0 Å². The van der Waals surface area contributed by atoms with Gasteiger partial charge in [0.05, 0.1) is 0 Å². The first-order chi connectivity index (χ1) is 9.27. The van der Waals surface area contributed by atoms with E-state index >= 15 is 0 Å². The highest BCUT2D eigenvalue weighted by molar-refractivity contribution is 9.10. The monoisotopic (exact) mass is 308 g/mol. The fourth-order valence-corrected chi connectivity index (χ4v) is 3.42. The second-order valence-electron chi connectivity index (χ2n) is 4.70. The third kappa shape index (κ3) is 1.38. The smallest absolute Gasteiger partial charge is 0.194 e. The summed E-state index contributed by atoms with van der Waals surface area (Å²) in [5.74, 6) is 0.122. The third-order valence-electron chi connectivity index (χ3n) is 3.68. The number of carbonyl (C=O) groups is 1. The lowest BCUT2D eigenvalue weighted by molar-refractivity contribution is 0.104. The normalized spacial score (nSPS) is 12.6. The molecule has 0 aromatic heterocycles. The van der Waals surface area contributed by atoms with Gasteiger partial charge < -0.3 is 0 Å². The van der Waals surface area contributed by atoms with Gasteiger partial charge in [0.2, 0.25) is 0 Å². The van der Waals surface area contributed by atoms with Crippen molar-refractivity contribution in [3.05, 3.63) is 70.2 Å². The molecule has 3 aromatic rings. The number of hydrogen-bond donors (Lipinski definition) is 0. The third-order valence-corrected chi connectivity index (χ3v) is 4.34. The summed E-state index contributed by atoms with van der Waals surface area (Å²) in [6.07, 6.45) is 0. The number of fused-ring (bicyclic) bond motifs is 5. The molecule has 0 atom stereocenters. The molecule has 1 aliphatic rings. The predicted octanol–water partition coefficient (Wildman–Crippen LogP) is 4.81. The molecule has 0 aliphatic heterocycles. The summed E-state index contributed by atoms with van der Waals surface area (Å²) >= 11 is 3.57. The van der Waals surface area contributed by atoms with Gasteiger partial charge in [-0.2, -0.15) is 0 Å². The Bertz CT molecular complexity index is 849. The standard InChI is InChI=1S/C17H9BrO/c18-15-9-14-16(11-6-2-1-5-10(11)15)12-7-3-4-8-13(12)17(14)19/h1-9H. The van der Waals surface area contributed by atoms with E-state index in [2.05, 4.69) is 28.1 Å². The van der Waals surface area contributed by atoms with E-state index in [0.29, 0.717) is 0 Å². The van der Waals surface area contributed by atoms with Crippen molar-refractivity contribution in [3.63, 3.8) is 0 Å². The van der Waals surface area contributed by atoms with Crippen LogP contribution in [0, 0.1) is 0 Å². The zero-order valence-electron chi connectivity index (χ0n) is 9.98. The van der Waals surface area contributed by atoms with Crippen LogP contribution in [0.1, 0.15) is 15.9 Å². The highest BCUT2D eigenvalue weighted by Gasteiger charge is 2.28. The molecule has 0 saturated heterocycles. The molecule has 0 amide bonds. The molecule has 0 bridgehead atoms. The summed E-state index contributed by atoms with van der Waals surface area (Å²) in [7, 11) is 0. The number of benzene rings is 3. The average molecular weight is 309 g/mol. The van der Waals surface area contributed by atoms with Gasteiger partial charge >= 0.3 is 0 Å². The van der Waals surface area contributed by atoms with Crippen molar-refractivity contribution >= 4 is 32.5 Å². The van der Waals surface area contributed by atoms with Gasteiger partial charge in [0.1, 0.15) is 0 Å². The summed E-state index contributed by atoms with van der Waals surface area (Å²) in [6.45, 7) is 0. The molecule has 3 aromatic carbocycles. The van der Waals surface area contributed by atoms with E-state index in [1.54, 1.807) is 0 Å². The quantitative estimate of drug-likeness (QED) is 0.455. The molecular formula is C17H9BrO. The van der Waals surface area contributed by atoms with Crippen LogP contribution in [0.4, 0.5) is 0 Å². The van der Waals surface area contributed by atoms with Gasteiger partial charge in [-0.05, 0) is 22.4 Å². The Hall–Kier alpha value is -1.93. The zero-order valence-corrected chi connectivity index (χ0v) is 11.6. The molecule has 19 heavy (non-hydrogen) atoms. The van der Waals surface area contributed by atoms with E-state index in [4.69, 9.17) is 0 Å². The topological polar surface area (TPSA) is 17.1 Å². The molecule has 0 saturated carbocycles. The van der Waals surface area contributed by atoms with Crippen LogP contribution in [-0.4, -0.2) is 5.78 Å². The van der Waals surface area contributed by atoms with Crippen LogP contribution in [-0.2, 0) is 0 Å². The van der Waals surface area contributed by atoms with E-state index in [9.17, 15) is 4.79 Å². The van der Waals surface area contributed by atoms with Gasteiger partial charge in [0.15, 0.2) is 5.78 Å². The number of hydrogen-bond acceptors (Lipinski definition) is 1. The Morgan fingerprint density at radius 3 is 2.16 bits per heavy atom. The first-order valence-corrected chi connectivity index (χ1v) is 6.92.